The van der Waals surface area contributed by atoms with Crippen LogP contribution in [0.4, 0.5) is 4.39 Å². The summed E-state index contributed by atoms with van der Waals surface area (Å²) in [5.74, 6) is -0.418. The second-order valence-corrected chi connectivity index (χ2v) is 2.32. The summed E-state index contributed by atoms with van der Waals surface area (Å²) >= 11 is 0. The third-order valence-corrected chi connectivity index (χ3v) is 1.61. The zero-order valence-corrected chi connectivity index (χ0v) is 5.63. The highest BCUT2D eigenvalue weighted by Crippen LogP contribution is 2.26. The van der Waals surface area contributed by atoms with Gasteiger partial charge in [-0.1, -0.05) is 6.07 Å². The number of ether oxygens (including phenoxy) is 1. The van der Waals surface area contributed by atoms with Crippen LogP contribution in [0, 0.1) is 5.82 Å². The molecule has 0 saturated carbocycles. The molecule has 1 aromatic carbocycles. The van der Waals surface area contributed by atoms with Crippen molar-refractivity contribution in [3.05, 3.63) is 29.6 Å². The lowest BCUT2D eigenvalue weighted by Gasteiger charge is -1.95. The van der Waals surface area contributed by atoms with E-state index in [9.17, 15) is 9.18 Å². The van der Waals surface area contributed by atoms with E-state index >= 15 is 0 Å². The predicted molar refractivity (Wildman–Crippen MR) is 36.2 cm³/mol. The quantitative estimate of drug-likeness (QED) is 0.561. The van der Waals surface area contributed by atoms with Crippen molar-refractivity contribution in [2.45, 2.75) is 0 Å². The number of ketones is 1. The molecule has 3 heteroatoms. The van der Waals surface area contributed by atoms with Gasteiger partial charge in [0.15, 0.2) is 6.61 Å². The molecule has 0 fully saturated rings. The number of fused-ring (bicyclic) bond motifs is 1. The molecule has 0 saturated heterocycles. The summed E-state index contributed by atoms with van der Waals surface area (Å²) in [7, 11) is 0. The summed E-state index contributed by atoms with van der Waals surface area (Å²) in [4.78, 5) is 10.9. The van der Waals surface area contributed by atoms with Crippen molar-refractivity contribution in [3.8, 4) is 5.75 Å². The Bertz CT molecular complexity index is 320. The van der Waals surface area contributed by atoms with Crippen LogP contribution in [0.3, 0.4) is 0 Å². The van der Waals surface area contributed by atoms with E-state index in [-0.39, 0.29) is 18.0 Å². The van der Waals surface area contributed by atoms with E-state index in [4.69, 9.17) is 4.74 Å². The van der Waals surface area contributed by atoms with Gasteiger partial charge in [-0.15, -0.1) is 0 Å². The standard InChI is InChI=1S/C8H5FO2/c9-5-2-1-3-7-8(5)6(10)4-11-7/h1-3H,4H2. The fourth-order valence-corrected chi connectivity index (χ4v) is 1.11. The van der Waals surface area contributed by atoms with Gasteiger partial charge in [0.25, 0.3) is 0 Å². The van der Waals surface area contributed by atoms with Crippen molar-refractivity contribution in [2.24, 2.45) is 0 Å². The lowest BCUT2D eigenvalue weighted by molar-refractivity contribution is 0.0958. The van der Waals surface area contributed by atoms with Gasteiger partial charge in [-0.05, 0) is 12.1 Å². The highest BCUT2D eigenvalue weighted by atomic mass is 19.1. The first-order valence-corrected chi connectivity index (χ1v) is 3.23. The molecule has 0 radical (unpaired) electrons. The number of benzene rings is 1. The number of halogens is 1. The van der Waals surface area contributed by atoms with Gasteiger partial charge in [0.2, 0.25) is 5.78 Å². The number of hydrogen-bond donors (Lipinski definition) is 0. The van der Waals surface area contributed by atoms with E-state index in [0.717, 1.165) is 0 Å². The summed E-state index contributed by atoms with van der Waals surface area (Å²) in [6, 6.07) is 4.36. The van der Waals surface area contributed by atoms with E-state index in [1.54, 1.807) is 6.07 Å². The molecule has 0 amide bonds. The maximum absolute atomic E-state index is 12.8. The number of carbonyl (C=O) groups excluding carboxylic acids is 1. The molecule has 0 bridgehead atoms. The molecule has 0 atom stereocenters. The molecule has 0 unspecified atom stereocenters. The predicted octanol–water partition coefficient (Wildman–Crippen LogP) is 1.40. The van der Waals surface area contributed by atoms with Gasteiger partial charge in [-0.2, -0.15) is 0 Å². The Hall–Kier alpha value is -1.38. The van der Waals surface area contributed by atoms with Crippen molar-refractivity contribution >= 4 is 5.78 Å². The Labute approximate surface area is 62.6 Å². The molecule has 1 aliphatic heterocycles. The van der Waals surface area contributed by atoms with Crippen molar-refractivity contribution in [3.63, 3.8) is 0 Å². The van der Waals surface area contributed by atoms with Gasteiger partial charge >= 0.3 is 0 Å². The summed E-state index contributed by atoms with van der Waals surface area (Å²) in [6.45, 7) is -0.0315. The number of hydrogen-bond acceptors (Lipinski definition) is 2. The van der Waals surface area contributed by atoms with E-state index < -0.39 is 5.82 Å². The van der Waals surface area contributed by atoms with Crippen LogP contribution in [0.1, 0.15) is 10.4 Å². The van der Waals surface area contributed by atoms with Gasteiger partial charge < -0.3 is 4.74 Å². The topological polar surface area (TPSA) is 26.3 Å². The van der Waals surface area contributed by atoms with Crippen LogP contribution in [0.25, 0.3) is 0 Å². The first kappa shape index (κ1) is 6.34. The fraction of sp³-hybridized carbons (Fsp3) is 0.125. The summed E-state index contributed by atoms with van der Waals surface area (Å²) in [5.41, 5.74) is 0.0903. The van der Waals surface area contributed by atoms with Gasteiger partial charge in [0.05, 0.1) is 5.56 Å². The van der Waals surface area contributed by atoms with Crippen molar-refractivity contribution < 1.29 is 13.9 Å². The van der Waals surface area contributed by atoms with Gasteiger partial charge in [0.1, 0.15) is 11.6 Å². The van der Waals surface area contributed by atoms with Crippen LogP contribution in [0.2, 0.25) is 0 Å². The SMILES string of the molecule is O=C1COc2cccc(F)c21. The Morgan fingerprint density at radius 1 is 1.45 bits per heavy atom. The van der Waals surface area contributed by atoms with Crippen LogP contribution >= 0.6 is 0 Å². The monoisotopic (exact) mass is 152 g/mol. The van der Waals surface area contributed by atoms with Crippen molar-refractivity contribution in [1.82, 2.24) is 0 Å². The first-order valence-electron chi connectivity index (χ1n) is 3.23. The van der Waals surface area contributed by atoms with Crippen LogP contribution in [-0.2, 0) is 0 Å². The molecule has 1 heterocycles. The van der Waals surface area contributed by atoms with E-state index in [1.807, 2.05) is 0 Å². The van der Waals surface area contributed by atoms with Gasteiger partial charge in [0, 0.05) is 0 Å². The molecule has 1 aliphatic rings. The molecular weight excluding hydrogens is 147 g/mol. The molecule has 0 aliphatic carbocycles. The smallest absolute Gasteiger partial charge is 0.206 e. The highest BCUT2D eigenvalue weighted by molar-refractivity contribution is 6.02. The van der Waals surface area contributed by atoms with E-state index in [1.165, 1.54) is 12.1 Å². The molecular formula is C8H5FO2. The zero-order valence-electron chi connectivity index (χ0n) is 5.63. The minimum Gasteiger partial charge on any atom is -0.485 e. The minimum atomic E-state index is -0.495. The van der Waals surface area contributed by atoms with Crippen LogP contribution in [-0.4, -0.2) is 12.4 Å². The Kier molecular flexibility index (Phi) is 1.18. The molecule has 0 aromatic heterocycles. The van der Waals surface area contributed by atoms with E-state index in [2.05, 4.69) is 0 Å². The maximum Gasteiger partial charge on any atom is 0.206 e. The molecule has 0 spiro atoms. The molecule has 2 rings (SSSR count). The molecule has 1 aromatic rings. The Morgan fingerprint density at radius 2 is 2.27 bits per heavy atom. The van der Waals surface area contributed by atoms with Crippen LogP contribution in [0.15, 0.2) is 18.2 Å². The first-order chi connectivity index (χ1) is 5.29. The van der Waals surface area contributed by atoms with Crippen LogP contribution < -0.4 is 4.74 Å². The van der Waals surface area contributed by atoms with E-state index in [0.29, 0.717) is 5.75 Å². The second-order valence-electron chi connectivity index (χ2n) is 2.32. The lowest BCUT2D eigenvalue weighted by atomic mass is 10.1. The van der Waals surface area contributed by atoms with Gasteiger partial charge in [-0.25, -0.2) is 4.39 Å². The summed E-state index contributed by atoms with van der Waals surface area (Å²) in [5, 5.41) is 0. The molecule has 11 heavy (non-hydrogen) atoms. The number of rotatable bonds is 0. The van der Waals surface area contributed by atoms with Crippen LogP contribution in [0.5, 0.6) is 5.75 Å². The fourth-order valence-electron chi connectivity index (χ4n) is 1.11. The van der Waals surface area contributed by atoms with Gasteiger partial charge in [-0.3, -0.25) is 4.79 Å². The Balaban J connectivity index is 2.68. The largest absolute Gasteiger partial charge is 0.485 e. The number of Topliss-reactive ketones (excluding diaryl/α,β-unsaturated/α-hetero) is 1. The average Bonchev–Trinajstić information content (AvgIpc) is 2.34. The normalized spacial score (nSPS) is 14.5. The molecule has 2 nitrogen and oxygen atoms in total. The summed E-state index contributed by atoms with van der Waals surface area (Å²) < 4.78 is 17.7. The average molecular weight is 152 g/mol. The maximum atomic E-state index is 12.8. The number of carbonyl (C=O) groups is 1. The highest BCUT2D eigenvalue weighted by Gasteiger charge is 2.24. The lowest BCUT2D eigenvalue weighted by Crippen LogP contribution is -2.00. The molecule has 56 valence electrons. The third kappa shape index (κ3) is 0.808. The Morgan fingerprint density at radius 3 is 3.00 bits per heavy atom. The zero-order chi connectivity index (χ0) is 7.84. The third-order valence-electron chi connectivity index (χ3n) is 1.61. The van der Waals surface area contributed by atoms with Crippen molar-refractivity contribution in [1.29, 1.82) is 0 Å². The second kappa shape index (κ2) is 2.05. The minimum absolute atomic E-state index is 0.0315. The summed E-state index contributed by atoms with van der Waals surface area (Å²) in [6.07, 6.45) is 0. The van der Waals surface area contributed by atoms with Crippen molar-refractivity contribution in [2.75, 3.05) is 6.61 Å². The molecule has 0 N–H and O–H groups in total.